The SMILES string of the molecule is c1ccc(-c2cc3c4c(c2)N(c2ccccc2)c2cccn2B4n2cccc2[Se]3)cc1. The van der Waals surface area contributed by atoms with Crippen LogP contribution in [0.1, 0.15) is 0 Å². The molecule has 0 atom stereocenters. The zero-order chi connectivity index (χ0) is 20.4. The van der Waals surface area contributed by atoms with Gasteiger partial charge in [0.25, 0.3) is 0 Å². The number of aromatic nitrogens is 2. The Labute approximate surface area is 187 Å². The average molecular weight is 462 g/mol. The zero-order valence-corrected chi connectivity index (χ0v) is 18.4. The van der Waals surface area contributed by atoms with Gasteiger partial charge in [-0.15, -0.1) is 0 Å². The van der Waals surface area contributed by atoms with E-state index >= 15 is 0 Å². The molecule has 31 heavy (non-hydrogen) atoms. The number of rotatable bonds is 2. The number of hydrogen-bond acceptors (Lipinski definition) is 1. The Bertz CT molecular complexity index is 1420. The van der Waals surface area contributed by atoms with E-state index in [1.54, 1.807) is 0 Å². The van der Waals surface area contributed by atoms with Gasteiger partial charge >= 0.3 is 188 Å². The van der Waals surface area contributed by atoms with Gasteiger partial charge in [-0.1, -0.05) is 0 Å². The molecule has 0 amide bonds. The molecule has 2 aliphatic heterocycles. The van der Waals surface area contributed by atoms with Crippen LogP contribution in [0.15, 0.2) is 109 Å². The first-order valence-electron chi connectivity index (χ1n) is 10.5. The molecule has 0 radical (unpaired) electrons. The molecule has 2 aromatic heterocycles. The Kier molecular flexibility index (Phi) is 3.66. The van der Waals surface area contributed by atoms with E-state index in [4.69, 9.17) is 0 Å². The number of benzene rings is 3. The Hall–Kier alpha value is -3.40. The first-order valence-corrected chi connectivity index (χ1v) is 12.2. The molecule has 3 nitrogen and oxygen atoms in total. The fraction of sp³-hybridized carbons (Fsp3) is 0. The van der Waals surface area contributed by atoms with E-state index < -0.39 is 0 Å². The molecule has 0 unspecified atom stereocenters. The monoisotopic (exact) mass is 463 g/mol. The van der Waals surface area contributed by atoms with Gasteiger partial charge in [-0.05, 0) is 0 Å². The average Bonchev–Trinajstić information content (AvgIpc) is 3.49. The molecule has 0 N–H and O–H groups in total. The summed E-state index contributed by atoms with van der Waals surface area (Å²) in [6.07, 6.45) is 4.46. The van der Waals surface area contributed by atoms with Gasteiger partial charge < -0.3 is 0 Å². The van der Waals surface area contributed by atoms with E-state index in [2.05, 4.69) is 123 Å². The van der Waals surface area contributed by atoms with Crippen LogP contribution in [0.3, 0.4) is 0 Å². The van der Waals surface area contributed by atoms with Crippen LogP contribution < -0.4 is 19.4 Å². The van der Waals surface area contributed by atoms with Crippen LogP contribution in [0.2, 0.25) is 0 Å². The quantitative estimate of drug-likeness (QED) is 0.359. The molecular weight excluding hydrogens is 444 g/mol. The Morgan fingerprint density at radius 3 is 2.23 bits per heavy atom. The Morgan fingerprint density at radius 1 is 0.645 bits per heavy atom. The zero-order valence-electron chi connectivity index (χ0n) is 16.7. The second-order valence-electron chi connectivity index (χ2n) is 7.95. The van der Waals surface area contributed by atoms with Crippen LogP contribution in [0.4, 0.5) is 17.2 Å². The predicted octanol–water partition coefficient (Wildman–Crippen LogP) is 3.50. The molecule has 4 heterocycles. The van der Waals surface area contributed by atoms with Crippen molar-refractivity contribution in [1.29, 1.82) is 0 Å². The molecule has 0 spiro atoms. The number of para-hydroxylation sites is 1. The molecule has 5 aromatic rings. The summed E-state index contributed by atoms with van der Waals surface area (Å²) in [5.74, 6) is 1.20. The maximum absolute atomic E-state index is 2.46. The van der Waals surface area contributed by atoms with Gasteiger partial charge in [-0.2, -0.15) is 0 Å². The molecule has 0 saturated carbocycles. The molecular formula is C26H18BN3Se. The van der Waals surface area contributed by atoms with Crippen LogP contribution in [0.5, 0.6) is 0 Å². The number of fused-ring (bicyclic) bond motifs is 4. The first-order chi connectivity index (χ1) is 15.4. The van der Waals surface area contributed by atoms with Crippen molar-refractivity contribution < 1.29 is 0 Å². The third-order valence-electron chi connectivity index (χ3n) is 6.21. The second kappa shape index (κ2) is 6.55. The summed E-state index contributed by atoms with van der Waals surface area (Å²) in [7, 11) is 0. The second-order valence-corrected chi connectivity index (χ2v) is 10.2. The van der Waals surface area contributed by atoms with Crippen molar-refractivity contribution in [3.63, 3.8) is 0 Å². The van der Waals surface area contributed by atoms with Crippen molar-refractivity contribution in [2.24, 2.45) is 0 Å². The number of hydrogen-bond donors (Lipinski definition) is 0. The minimum atomic E-state index is 0.167. The summed E-state index contributed by atoms with van der Waals surface area (Å²) in [5, 5.41) is 0. The van der Waals surface area contributed by atoms with Gasteiger partial charge in [-0.25, -0.2) is 0 Å². The van der Waals surface area contributed by atoms with Crippen molar-refractivity contribution in [3.8, 4) is 11.1 Å². The van der Waals surface area contributed by atoms with Crippen molar-refractivity contribution in [1.82, 2.24) is 8.96 Å². The molecule has 0 saturated heterocycles. The molecule has 2 aliphatic rings. The molecule has 0 bridgehead atoms. The molecule has 0 aliphatic carbocycles. The molecule has 7 rings (SSSR count). The van der Waals surface area contributed by atoms with E-state index in [1.807, 2.05) is 0 Å². The van der Waals surface area contributed by atoms with E-state index in [-0.39, 0.29) is 21.9 Å². The summed E-state index contributed by atoms with van der Waals surface area (Å²) in [6, 6.07) is 35.2. The number of anilines is 3. The normalized spacial score (nSPS) is 13.5. The summed E-state index contributed by atoms with van der Waals surface area (Å²) in [4.78, 5) is 2.42. The predicted molar refractivity (Wildman–Crippen MR) is 130 cm³/mol. The molecule has 146 valence electrons. The third-order valence-corrected chi connectivity index (χ3v) is 8.54. The van der Waals surface area contributed by atoms with Gasteiger partial charge in [0.2, 0.25) is 0 Å². The van der Waals surface area contributed by atoms with E-state index in [0.717, 1.165) is 0 Å². The summed E-state index contributed by atoms with van der Waals surface area (Å²) in [5.41, 5.74) is 6.47. The van der Waals surface area contributed by atoms with Crippen molar-refractivity contribution in [2.75, 3.05) is 4.90 Å². The van der Waals surface area contributed by atoms with Crippen molar-refractivity contribution >= 4 is 53.6 Å². The van der Waals surface area contributed by atoms with Gasteiger partial charge in [0.05, 0.1) is 0 Å². The van der Waals surface area contributed by atoms with Gasteiger partial charge in [-0.3, -0.25) is 0 Å². The van der Waals surface area contributed by atoms with Crippen LogP contribution in [0, 0.1) is 0 Å². The Balaban J connectivity index is 1.56. The van der Waals surface area contributed by atoms with E-state index in [0.29, 0.717) is 0 Å². The summed E-state index contributed by atoms with van der Waals surface area (Å²) >= 11 is 0.266. The maximum atomic E-state index is 2.46. The number of nitrogens with zero attached hydrogens (tertiary/aromatic N) is 3. The first kappa shape index (κ1) is 17.3. The summed E-state index contributed by atoms with van der Waals surface area (Å²) < 4.78 is 7.77. The van der Waals surface area contributed by atoms with Gasteiger partial charge in [0, 0.05) is 0 Å². The summed E-state index contributed by atoms with van der Waals surface area (Å²) in [6.45, 7) is 0.167. The molecule has 0 fully saturated rings. The molecule has 5 heteroatoms. The fourth-order valence-electron chi connectivity index (χ4n) is 4.88. The third kappa shape index (κ3) is 2.48. The fourth-order valence-corrected chi connectivity index (χ4v) is 7.28. The van der Waals surface area contributed by atoms with Crippen LogP contribution >= 0.6 is 0 Å². The van der Waals surface area contributed by atoms with Gasteiger partial charge in [0.1, 0.15) is 0 Å². The van der Waals surface area contributed by atoms with Crippen LogP contribution in [0.25, 0.3) is 11.1 Å². The molecule has 3 aromatic carbocycles. The van der Waals surface area contributed by atoms with Crippen LogP contribution in [-0.2, 0) is 0 Å². The van der Waals surface area contributed by atoms with E-state index in [1.165, 1.54) is 42.8 Å². The van der Waals surface area contributed by atoms with E-state index in [9.17, 15) is 0 Å². The van der Waals surface area contributed by atoms with Crippen LogP contribution in [-0.4, -0.2) is 30.9 Å². The topological polar surface area (TPSA) is 13.1 Å². The standard InChI is InChI=1S/C26H18BN3Se/c1-3-9-19(10-4-1)20-17-22-26-23(18-20)31-25-14-8-16-29(25)27(26)28-15-7-13-24(28)30(22)21-11-5-2-6-12-21/h1-18H. The van der Waals surface area contributed by atoms with Gasteiger partial charge in [0.15, 0.2) is 0 Å². The Morgan fingerprint density at radius 2 is 1.39 bits per heavy atom. The van der Waals surface area contributed by atoms with Crippen molar-refractivity contribution in [3.05, 3.63) is 109 Å². The minimum absolute atomic E-state index is 0.167. The van der Waals surface area contributed by atoms with Crippen molar-refractivity contribution in [2.45, 2.75) is 0 Å².